The van der Waals surface area contributed by atoms with Crippen LogP contribution in [-0.4, -0.2) is 32.7 Å². The Balaban J connectivity index is 1.47. The van der Waals surface area contributed by atoms with Crippen LogP contribution in [0.25, 0.3) is 0 Å². The van der Waals surface area contributed by atoms with Gasteiger partial charge < -0.3 is 10.1 Å². The quantitative estimate of drug-likeness (QED) is 0.369. The molecule has 0 spiro atoms. The molecule has 3 rings (SSSR count). The lowest BCUT2D eigenvalue weighted by Gasteiger charge is -2.11. The van der Waals surface area contributed by atoms with E-state index in [0.717, 1.165) is 53.2 Å². The highest BCUT2D eigenvalue weighted by Crippen LogP contribution is 2.25. The minimum Gasteiger partial charge on any atom is -0.406 e. The number of amides is 1. The molecule has 2 heterocycles. The van der Waals surface area contributed by atoms with E-state index >= 15 is 0 Å². The van der Waals surface area contributed by atoms with E-state index in [4.69, 9.17) is 0 Å². The van der Waals surface area contributed by atoms with E-state index in [1.54, 1.807) is 23.5 Å². The molecule has 170 valence electrons. The average molecular weight is 469 g/mol. The molecule has 0 unspecified atom stereocenters. The Hall–Kier alpha value is -3.15. The average Bonchev–Trinajstić information content (AvgIpc) is 3.13. The molecule has 1 aromatic carbocycles. The van der Waals surface area contributed by atoms with E-state index in [2.05, 4.69) is 30.4 Å². The van der Waals surface area contributed by atoms with Crippen LogP contribution in [-0.2, 0) is 24.1 Å². The van der Waals surface area contributed by atoms with Crippen molar-refractivity contribution in [3.05, 3.63) is 57.4 Å². The lowest BCUT2D eigenvalue weighted by Crippen LogP contribution is -2.18. The van der Waals surface area contributed by atoms with Crippen LogP contribution >= 0.6 is 11.3 Å². The molecule has 0 aliphatic heterocycles. The summed E-state index contributed by atoms with van der Waals surface area (Å²) in [4.78, 5) is 12.1. The first-order valence-electron chi connectivity index (χ1n) is 9.63. The summed E-state index contributed by atoms with van der Waals surface area (Å²) in [6.07, 6.45) is -2.04. The zero-order valence-electron chi connectivity index (χ0n) is 16.9. The van der Waals surface area contributed by atoms with Gasteiger partial charge in [-0.05, 0) is 56.5 Å². The van der Waals surface area contributed by atoms with Crippen LogP contribution in [0.15, 0.2) is 30.3 Å². The summed E-state index contributed by atoms with van der Waals surface area (Å²) in [6.45, 7) is 1.91. The molecule has 0 aliphatic rings. The highest BCUT2D eigenvalue weighted by Gasteiger charge is 2.31. The predicted octanol–water partition coefficient (Wildman–Crippen LogP) is 4.42. The van der Waals surface area contributed by atoms with E-state index < -0.39 is 30.3 Å². The molecular weight excluding hydrogens is 450 g/mol. The van der Waals surface area contributed by atoms with E-state index in [9.17, 15) is 22.4 Å². The number of carbonyl (C=O) groups is 1. The van der Waals surface area contributed by atoms with Gasteiger partial charge >= 0.3 is 6.36 Å². The minimum atomic E-state index is -4.91. The number of anilines is 1. The standard InChI is InChI=1S/C20H19F4N5O2S/c1-12-26-29-19(32-12)5-3-2-4-14-6-9-17(28-27-14)25-18(30)11-13-10-15(7-8-16(13)21)31-20(22,23)24/h6-10H,2-5,11H2,1H3,(H,25,28,30). The van der Waals surface area contributed by atoms with Crippen molar-refractivity contribution in [2.75, 3.05) is 5.32 Å². The SMILES string of the molecule is Cc1nnc(CCCCc2ccc(NC(=O)Cc3cc(OC(F)(F)F)ccc3F)nn2)s1. The Morgan fingerprint density at radius 2 is 1.84 bits per heavy atom. The second-order valence-electron chi connectivity index (χ2n) is 6.86. The van der Waals surface area contributed by atoms with Crippen molar-refractivity contribution in [2.24, 2.45) is 0 Å². The fraction of sp³-hybridized carbons (Fsp3) is 0.350. The van der Waals surface area contributed by atoms with Crippen LogP contribution in [0.5, 0.6) is 5.75 Å². The van der Waals surface area contributed by atoms with E-state index in [1.807, 2.05) is 6.92 Å². The van der Waals surface area contributed by atoms with Crippen LogP contribution < -0.4 is 10.1 Å². The van der Waals surface area contributed by atoms with Gasteiger partial charge in [-0.25, -0.2) is 4.39 Å². The topological polar surface area (TPSA) is 89.9 Å². The molecule has 2 aromatic heterocycles. The lowest BCUT2D eigenvalue weighted by atomic mass is 10.1. The first-order chi connectivity index (χ1) is 15.2. The number of alkyl halides is 3. The maximum absolute atomic E-state index is 13.9. The Labute approximate surface area is 184 Å². The Bertz CT molecular complexity index is 1060. The number of aromatic nitrogens is 4. The molecule has 0 radical (unpaired) electrons. The second-order valence-corrected chi connectivity index (χ2v) is 8.12. The number of nitrogens with one attached hydrogen (secondary N) is 1. The summed E-state index contributed by atoms with van der Waals surface area (Å²) >= 11 is 1.58. The molecule has 0 fully saturated rings. The molecule has 1 amide bonds. The van der Waals surface area contributed by atoms with Gasteiger partial charge in [-0.2, -0.15) is 5.10 Å². The third kappa shape index (κ3) is 7.52. The summed E-state index contributed by atoms with van der Waals surface area (Å²) in [5.41, 5.74) is 0.513. The van der Waals surface area contributed by atoms with Crippen LogP contribution in [0, 0.1) is 12.7 Å². The number of hydrogen-bond donors (Lipinski definition) is 1. The third-order valence-corrected chi connectivity index (χ3v) is 5.13. The van der Waals surface area contributed by atoms with E-state index in [0.29, 0.717) is 6.42 Å². The Kier molecular flexibility index (Phi) is 7.67. The Morgan fingerprint density at radius 3 is 2.50 bits per heavy atom. The van der Waals surface area contributed by atoms with Gasteiger partial charge in [0.15, 0.2) is 5.82 Å². The van der Waals surface area contributed by atoms with Crippen molar-refractivity contribution in [3.8, 4) is 5.75 Å². The largest absolute Gasteiger partial charge is 0.573 e. The predicted molar refractivity (Wildman–Crippen MR) is 109 cm³/mol. The molecule has 7 nitrogen and oxygen atoms in total. The number of unbranched alkanes of at least 4 members (excludes halogenated alkanes) is 1. The molecule has 0 saturated carbocycles. The van der Waals surface area contributed by atoms with Crippen LogP contribution in [0.3, 0.4) is 0 Å². The molecule has 32 heavy (non-hydrogen) atoms. The number of halogens is 4. The summed E-state index contributed by atoms with van der Waals surface area (Å²) in [6, 6.07) is 5.76. The highest BCUT2D eigenvalue weighted by molar-refractivity contribution is 7.11. The molecule has 0 atom stereocenters. The monoisotopic (exact) mass is 469 g/mol. The molecular formula is C20H19F4N5O2S. The highest BCUT2D eigenvalue weighted by atomic mass is 32.1. The first-order valence-corrected chi connectivity index (χ1v) is 10.5. The number of nitrogens with zero attached hydrogens (tertiary/aromatic N) is 4. The lowest BCUT2D eigenvalue weighted by molar-refractivity contribution is -0.274. The zero-order valence-corrected chi connectivity index (χ0v) is 17.8. The second kappa shape index (κ2) is 10.4. The molecule has 0 aliphatic carbocycles. The summed E-state index contributed by atoms with van der Waals surface area (Å²) in [5, 5.41) is 20.4. The number of benzene rings is 1. The van der Waals surface area contributed by atoms with Crippen LogP contribution in [0.1, 0.15) is 34.1 Å². The fourth-order valence-corrected chi connectivity index (χ4v) is 3.58. The number of hydrogen-bond acceptors (Lipinski definition) is 7. The number of carbonyl (C=O) groups excluding carboxylic acids is 1. The van der Waals surface area contributed by atoms with E-state index in [1.165, 1.54) is 0 Å². The van der Waals surface area contributed by atoms with E-state index in [-0.39, 0.29) is 11.4 Å². The Morgan fingerprint density at radius 1 is 1.06 bits per heavy atom. The van der Waals surface area contributed by atoms with Gasteiger partial charge in [0.25, 0.3) is 0 Å². The molecule has 1 N–H and O–H groups in total. The maximum Gasteiger partial charge on any atom is 0.573 e. The number of aryl methyl sites for hydroxylation is 3. The van der Waals surface area contributed by atoms with Crippen molar-refractivity contribution in [2.45, 2.75) is 45.4 Å². The van der Waals surface area contributed by atoms with Crippen LogP contribution in [0.4, 0.5) is 23.4 Å². The van der Waals surface area contributed by atoms with Crippen LogP contribution in [0.2, 0.25) is 0 Å². The van der Waals surface area contributed by atoms with Gasteiger partial charge in [-0.1, -0.05) is 0 Å². The van der Waals surface area contributed by atoms with Crippen molar-refractivity contribution in [1.29, 1.82) is 0 Å². The minimum absolute atomic E-state index is 0.159. The van der Waals surface area contributed by atoms with Gasteiger partial charge in [0.2, 0.25) is 5.91 Å². The summed E-state index contributed by atoms with van der Waals surface area (Å²) in [7, 11) is 0. The van der Waals surface area contributed by atoms with Crippen molar-refractivity contribution in [1.82, 2.24) is 20.4 Å². The number of rotatable bonds is 9. The van der Waals surface area contributed by atoms with Gasteiger partial charge in [-0.15, -0.1) is 39.8 Å². The van der Waals surface area contributed by atoms with Gasteiger partial charge in [0.1, 0.15) is 21.6 Å². The molecule has 0 saturated heterocycles. The smallest absolute Gasteiger partial charge is 0.406 e. The maximum atomic E-state index is 13.9. The first kappa shape index (κ1) is 23.5. The summed E-state index contributed by atoms with van der Waals surface area (Å²) < 4.78 is 54.6. The zero-order chi connectivity index (χ0) is 23.1. The van der Waals surface area contributed by atoms with Crippen molar-refractivity contribution >= 4 is 23.1 Å². The molecule has 12 heteroatoms. The third-order valence-electron chi connectivity index (χ3n) is 4.23. The van der Waals surface area contributed by atoms with Crippen molar-refractivity contribution < 1.29 is 27.1 Å². The van der Waals surface area contributed by atoms with Gasteiger partial charge in [-0.3, -0.25) is 4.79 Å². The van der Waals surface area contributed by atoms with Crippen molar-refractivity contribution in [3.63, 3.8) is 0 Å². The number of ether oxygens (including phenoxy) is 1. The summed E-state index contributed by atoms with van der Waals surface area (Å²) in [5.74, 6) is -1.92. The fourth-order valence-electron chi connectivity index (χ4n) is 2.82. The van der Waals surface area contributed by atoms with Gasteiger partial charge in [0.05, 0.1) is 12.1 Å². The van der Waals surface area contributed by atoms with Gasteiger partial charge in [0, 0.05) is 12.0 Å². The molecule has 3 aromatic rings. The molecule has 0 bridgehead atoms. The normalized spacial score (nSPS) is 11.4.